The average Bonchev–Trinajstić information content (AvgIpc) is 2.67. The minimum Gasteiger partial charge on any atom is -0.369 e. The fourth-order valence-corrected chi connectivity index (χ4v) is 2.51. The smallest absolute Gasteiger partial charge is 0.107 e. The Kier molecular flexibility index (Phi) is 2.63. The van der Waals surface area contributed by atoms with Gasteiger partial charge < -0.3 is 9.88 Å². The van der Waals surface area contributed by atoms with Crippen LogP contribution >= 0.6 is 11.6 Å². The molecule has 1 aromatic heterocycles. The topological polar surface area (TPSA) is 29.3 Å². The van der Waals surface area contributed by atoms with Crippen LogP contribution in [0.4, 0.5) is 0 Å². The lowest BCUT2D eigenvalue weighted by Crippen LogP contribution is -2.18. The molecule has 1 aliphatic rings. The lowest BCUT2D eigenvalue weighted by atomic mass is 10.1. The Morgan fingerprint density at radius 3 is 2.94 bits per heavy atom. The van der Waals surface area contributed by atoms with E-state index in [4.69, 9.17) is 11.6 Å². The van der Waals surface area contributed by atoms with E-state index in [2.05, 4.69) is 34.9 Å². The molecule has 0 saturated carbocycles. The van der Waals surface area contributed by atoms with Crippen molar-refractivity contribution < 1.29 is 0 Å². The summed E-state index contributed by atoms with van der Waals surface area (Å²) in [7, 11) is 2.06. The Labute approximate surface area is 111 Å². The van der Waals surface area contributed by atoms with Gasteiger partial charge in [0.05, 0.1) is 5.69 Å². The lowest BCUT2D eigenvalue weighted by molar-refractivity contribution is 0.821. The molecule has 0 unspecified atom stereocenters. The number of halogens is 1. The van der Waals surface area contributed by atoms with Gasteiger partial charge in [0, 0.05) is 40.5 Å². The molecule has 4 heteroatoms. The first-order valence-electron chi connectivity index (χ1n) is 5.87. The largest absolute Gasteiger partial charge is 0.369 e. The van der Waals surface area contributed by atoms with E-state index in [1.165, 1.54) is 5.52 Å². The summed E-state index contributed by atoms with van der Waals surface area (Å²) in [6.45, 7) is 2.73. The van der Waals surface area contributed by atoms with E-state index in [1.54, 1.807) is 0 Å². The molecule has 1 aromatic carbocycles. The second kappa shape index (κ2) is 4.18. The van der Waals surface area contributed by atoms with Crippen LogP contribution in [0, 0.1) is 0 Å². The number of aromatic nitrogens is 1. The van der Waals surface area contributed by atoms with Gasteiger partial charge in [0.1, 0.15) is 6.67 Å². The van der Waals surface area contributed by atoms with E-state index in [0.717, 1.165) is 27.4 Å². The summed E-state index contributed by atoms with van der Waals surface area (Å²) in [5.74, 6) is 0. The van der Waals surface area contributed by atoms with Gasteiger partial charge in [0.25, 0.3) is 0 Å². The summed E-state index contributed by atoms with van der Waals surface area (Å²) >= 11 is 6.03. The van der Waals surface area contributed by atoms with Gasteiger partial charge in [-0.2, -0.15) is 0 Å². The van der Waals surface area contributed by atoms with Crippen molar-refractivity contribution in [3.63, 3.8) is 0 Å². The third kappa shape index (κ3) is 1.71. The maximum absolute atomic E-state index is 6.03. The number of nitrogens with one attached hydrogen (secondary N) is 1. The summed E-state index contributed by atoms with van der Waals surface area (Å²) in [6.07, 6.45) is 1.93. The first-order chi connectivity index (χ1) is 8.66. The van der Waals surface area contributed by atoms with Gasteiger partial charge in [-0.25, -0.2) is 0 Å². The predicted molar refractivity (Wildman–Crippen MR) is 77.0 cm³/mol. The molecule has 92 valence electrons. The SMILES string of the molecule is CC1=C(c2cc3cc(Cl)ccc3n2C)C=NCN1. The van der Waals surface area contributed by atoms with E-state index >= 15 is 0 Å². The second-order valence-electron chi connectivity index (χ2n) is 4.48. The highest BCUT2D eigenvalue weighted by atomic mass is 35.5. The van der Waals surface area contributed by atoms with Crippen LogP contribution in [0.25, 0.3) is 16.5 Å². The van der Waals surface area contributed by atoms with Crippen molar-refractivity contribution in [2.45, 2.75) is 6.92 Å². The molecule has 0 aliphatic carbocycles. The van der Waals surface area contributed by atoms with Gasteiger partial charge in [-0.15, -0.1) is 0 Å². The summed E-state index contributed by atoms with van der Waals surface area (Å²) in [6, 6.07) is 8.11. The van der Waals surface area contributed by atoms with Gasteiger partial charge in [-0.1, -0.05) is 11.6 Å². The molecule has 0 amide bonds. The van der Waals surface area contributed by atoms with E-state index in [0.29, 0.717) is 6.67 Å². The van der Waals surface area contributed by atoms with Crippen LogP contribution in [0.1, 0.15) is 12.6 Å². The molecule has 0 bridgehead atoms. The van der Waals surface area contributed by atoms with Crippen molar-refractivity contribution in [3.8, 4) is 0 Å². The van der Waals surface area contributed by atoms with Crippen molar-refractivity contribution in [1.82, 2.24) is 9.88 Å². The summed E-state index contributed by atoms with van der Waals surface area (Å²) in [5.41, 5.74) is 4.62. The predicted octanol–water partition coefficient (Wildman–Crippen LogP) is 3.19. The number of allylic oxidation sites excluding steroid dienone is 2. The zero-order chi connectivity index (χ0) is 12.7. The highest BCUT2D eigenvalue weighted by molar-refractivity contribution is 6.31. The summed E-state index contributed by atoms with van der Waals surface area (Å²) in [4.78, 5) is 4.28. The molecular formula is C14H14ClN3. The zero-order valence-electron chi connectivity index (χ0n) is 10.4. The Hall–Kier alpha value is -1.74. The number of fused-ring (bicyclic) bond motifs is 1. The van der Waals surface area contributed by atoms with Crippen LogP contribution in [-0.2, 0) is 7.05 Å². The maximum atomic E-state index is 6.03. The van der Waals surface area contributed by atoms with E-state index in [-0.39, 0.29) is 0 Å². The molecule has 2 heterocycles. The number of benzene rings is 1. The van der Waals surface area contributed by atoms with Crippen molar-refractivity contribution in [1.29, 1.82) is 0 Å². The van der Waals surface area contributed by atoms with Gasteiger partial charge in [-0.3, -0.25) is 4.99 Å². The van der Waals surface area contributed by atoms with Crippen molar-refractivity contribution in [2.24, 2.45) is 12.0 Å². The number of rotatable bonds is 1. The van der Waals surface area contributed by atoms with Crippen molar-refractivity contribution in [2.75, 3.05) is 6.67 Å². The molecule has 2 aromatic rings. The van der Waals surface area contributed by atoms with Crippen molar-refractivity contribution >= 4 is 34.3 Å². The minimum absolute atomic E-state index is 0.658. The average molecular weight is 260 g/mol. The highest BCUT2D eigenvalue weighted by Crippen LogP contribution is 2.27. The number of hydrogen-bond donors (Lipinski definition) is 1. The molecule has 1 N–H and O–H groups in total. The Morgan fingerprint density at radius 1 is 1.33 bits per heavy atom. The van der Waals surface area contributed by atoms with Crippen molar-refractivity contribution in [3.05, 3.63) is 40.7 Å². The third-order valence-electron chi connectivity index (χ3n) is 3.34. The minimum atomic E-state index is 0.658. The molecule has 0 atom stereocenters. The molecule has 3 nitrogen and oxygen atoms in total. The summed E-state index contributed by atoms with van der Waals surface area (Å²) in [5, 5.41) is 5.17. The number of nitrogens with zero attached hydrogens (tertiary/aromatic N) is 2. The van der Waals surface area contributed by atoms with Gasteiger partial charge in [0.15, 0.2) is 0 Å². The lowest BCUT2D eigenvalue weighted by Gasteiger charge is -2.14. The fourth-order valence-electron chi connectivity index (χ4n) is 2.33. The molecule has 3 rings (SSSR count). The van der Waals surface area contributed by atoms with Crippen LogP contribution in [0.3, 0.4) is 0 Å². The molecule has 0 fully saturated rings. The van der Waals surface area contributed by atoms with Crippen LogP contribution in [0.2, 0.25) is 5.02 Å². The number of hydrogen-bond acceptors (Lipinski definition) is 2. The molecule has 0 saturated heterocycles. The molecule has 18 heavy (non-hydrogen) atoms. The zero-order valence-corrected chi connectivity index (χ0v) is 11.1. The van der Waals surface area contributed by atoms with Gasteiger partial charge in [-0.05, 0) is 31.2 Å². The monoisotopic (exact) mass is 259 g/mol. The first kappa shape index (κ1) is 11.4. The quantitative estimate of drug-likeness (QED) is 0.837. The second-order valence-corrected chi connectivity index (χ2v) is 4.91. The summed E-state index contributed by atoms with van der Waals surface area (Å²) < 4.78 is 2.17. The molecule has 0 spiro atoms. The fraction of sp³-hybridized carbons (Fsp3) is 0.214. The van der Waals surface area contributed by atoms with E-state index < -0.39 is 0 Å². The van der Waals surface area contributed by atoms with Crippen LogP contribution in [0.15, 0.2) is 35.0 Å². The number of aryl methyl sites for hydroxylation is 1. The normalized spacial score (nSPS) is 15.3. The van der Waals surface area contributed by atoms with E-state index in [9.17, 15) is 0 Å². The van der Waals surface area contributed by atoms with E-state index in [1.807, 2.05) is 24.4 Å². The molecule has 1 aliphatic heterocycles. The van der Waals surface area contributed by atoms with Crippen LogP contribution in [0.5, 0.6) is 0 Å². The standard InChI is InChI=1S/C14H14ClN3/c1-9-12(7-16-8-17-9)14-6-10-5-11(15)3-4-13(10)18(14)2/h3-7,17H,8H2,1-2H3. The first-order valence-corrected chi connectivity index (χ1v) is 6.24. The number of aliphatic imine (C=N–C) groups is 1. The van der Waals surface area contributed by atoms with Crippen LogP contribution < -0.4 is 5.32 Å². The van der Waals surface area contributed by atoms with Crippen LogP contribution in [-0.4, -0.2) is 17.5 Å². The van der Waals surface area contributed by atoms with Gasteiger partial charge in [0.2, 0.25) is 0 Å². The third-order valence-corrected chi connectivity index (χ3v) is 3.58. The Morgan fingerprint density at radius 2 is 2.17 bits per heavy atom. The molecular weight excluding hydrogens is 246 g/mol. The maximum Gasteiger partial charge on any atom is 0.107 e. The highest BCUT2D eigenvalue weighted by Gasteiger charge is 2.13. The Bertz CT molecular complexity index is 680. The van der Waals surface area contributed by atoms with Gasteiger partial charge >= 0.3 is 0 Å². The molecule has 0 radical (unpaired) electrons. The Balaban J connectivity index is 2.24.